The van der Waals surface area contributed by atoms with Gasteiger partial charge in [-0.25, -0.2) is 0 Å². The highest BCUT2D eigenvalue weighted by molar-refractivity contribution is 5.32. The van der Waals surface area contributed by atoms with Crippen molar-refractivity contribution in [2.45, 2.75) is 59.0 Å². The quantitative estimate of drug-likeness (QED) is 0.607. The van der Waals surface area contributed by atoms with Crippen molar-refractivity contribution in [3.05, 3.63) is 29.8 Å². The minimum atomic E-state index is -0.558. The van der Waals surface area contributed by atoms with E-state index in [0.717, 1.165) is 11.3 Å². The molecule has 24 heavy (non-hydrogen) atoms. The van der Waals surface area contributed by atoms with E-state index in [9.17, 15) is 5.11 Å². The lowest BCUT2D eigenvalue weighted by atomic mass is 10.1. The third kappa shape index (κ3) is 9.88. The molecule has 1 unspecified atom stereocenters. The molecule has 1 aromatic rings. The van der Waals surface area contributed by atoms with Crippen LogP contribution in [0.2, 0.25) is 0 Å². The molecule has 0 bridgehead atoms. The van der Waals surface area contributed by atoms with Crippen LogP contribution in [0.4, 0.5) is 0 Å². The molecule has 1 rings (SSSR count). The predicted molar refractivity (Wildman–Crippen MR) is 96.4 cm³/mol. The fraction of sp³-hybridized carbons (Fsp3) is 0.684. The second-order valence-corrected chi connectivity index (χ2v) is 7.18. The van der Waals surface area contributed by atoms with Crippen molar-refractivity contribution in [3.8, 4) is 5.75 Å². The zero-order valence-electron chi connectivity index (χ0n) is 15.7. The van der Waals surface area contributed by atoms with Gasteiger partial charge in [-0.15, -0.1) is 0 Å². The molecule has 0 heterocycles. The summed E-state index contributed by atoms with van der Waals surface area (Å²) in [5, 5.41) is 13.3. The molecule has 0 amide bonds. The lowest BCUT2D eigenvalue weighted by molar-refractivity contribution is 0.0135. The molecule has 1 atom stereocenters. The molecule has 2 N–H and O–H groups in total. The van der Waals surface area contributed by atoms with E-state index < -0.39 is 6.10 Å². The first-order valence-electron chi connectivity index (χ1n) is 8.61. The van der Waals surface area contributed by atoms with Crippen LogP contribution in [0.3, 0.4) is 0 Å². The van der Waals surface area contributed by atoms with Crippen molar-refractivity contribution < 1.29 is 19.3 Å². The number of nitrogens with one attached hydrogen (secondary N) is 1. The van der Waals surface area contributed by atoms with Gasteiger partial charge in [-0.2, -0.15) is 0 Å². The van der Waals surface area contributed by atoms with Crippen LogP contribution in [0, 0.1) is 0 Å². The van der Waals surface area contributed by atoms with E-state index in [1.54, 1.807) is 0 Å². The maximum Gasteiger partial charge on any atom is 0.124 e. The summed E-state index contributed by atoms with van der Waals surface area (Å²) in [5.74, 6) is 0.747. The molecule has 0 radical (unpaired) electrons. The number of hydrogen-bond donors (Lipinski definition) is 2. The van der Waals surface area contributed by atoms with Gasteiger partial charge >= 0.3 is 0 Å². The minimum Gasteiger partial charge on any atom is -0.490 e. The second-order valence-electron chi connectivity index (χ2n) is 7.18. The maximum absolute atomic E-state index is 10.0. The fourth-order valence-electron chi connectivity index (χ4n) is 1.96. The van der Waals surface area contributed by atoms with Crippen LogP contribution in [0.25, 0.3) is 0 Å². The number of rotatable bonds is 11. The Labute approximate surface area is 146 Å². The van der Waals surface area contributed by atoms with E-state index in [1.807, 2.05) is 38.1 Å². The third-order valence-electron chi connectivity index (χ3n) is 3.21. The van der Waals surface area contributed by atoms with Crippen LogP contribution in [0.5, 0.6) is 5.75 Å². The maximum atomic E-state index is 10.0. The summed E-state index contributed by atoms with van der Waals surface area (Å²) in [7, 11) is 0. The Kier molecular flexibility index (Phi) is 9.29. The number of aliphatic hydroxyl groups is 1. The van der Waals surface area contributed by atoms with Crippen molar-refractivity contribution in [1.82, 2.24) is 5.32 Å². The van der Waals surface area contributed by atoms with E-state index in [1.165, 1.54) is 0 Å². The third-order valence-corrected chi connectivity index (χ3v) is 3.21. The molecular formula is C19H33NO4. The van der Waals surface area contributed by atoms with Gasteiger partial charge in [0.2, 0.25) is 0 Å². The first kappa shape index (κ1) is 20.9. The smallest absolute Gasteiger partial charge is 0.124 e. The van der Waals surface area contributed by atoms with Crippen molar-refractivity contribution >= 4 is 0 Å². The van der Waals surface area contributed by atoms with Crippen molar-refractivity contribution in [1.29, 1.82) is 0 Å². The first-order valence-corrected chi connectivity index (χ1v) is 8.61. The Morgan fingerprint density at radius 2 is 1.83 bits per heavy atom. The van der Waals surface area contributed by atoms with E-state index in [4.69, 9.17) is 14.2 Å². The highest BCUT2D eigenvalue weighted by Crippen LogP contribution is 2.19. The lowest BCUT2D eigenvalue weighted by Gasteiger charge is -2.23. The number of ether oxygens (including phenoxy) is 3. The highest BCUT2D eigenvalue weighted by Gasteiger charge is 2.13. The van der Waals surface area contributed by atoms with Crippen molar-refractivity contribution in [3.63, 3.8) is 0 Å². The molecule has 1 aromatic carbocycles. The van der Waals surface area contributed by atoms with Gasteiger partial charge in [0, 0.05) is 17.6 Å². The second kappa shape index (κ2) is 10.7. The van der Waals surface area contributed by atoms with Crippen LogP contribution in [-0.4, -0.2) is 49.2 Å². The Morgan fingerprint density at radius 1 is 1.12 bits per heavy atom. The number of benzene rings is 1. The van der Waals surface area contributed by atoms with Crippen molar-refractivity contribution in [2.75, 3.05) is 26.4 Å². The number of hydrogen-bond acceptors (Lipinski definition) is 5. The topological polar surface area (TPSA) is 60.0 Å². The van der Waals surface area contributed by atoms with E-state index in [0.29, 0.717) is 26.4 Å². The van der Waals surface area contributed by atoms with Gasteiger partial charge < -0.3 is 24.6 Å². The standard InChI is InChI=1S/C19H33NO4/c1-15(2)23-11-10-22-13-16-8-6-7-9-18(16)24-14-17(21)12-20-19(3,4)5/h6-9,15,17,20-21H,10-14H2,1-5H3. The van der Waals surface area contributed by atoms with E-state index in [2.05, 4.69) is 26.1 Å². The summed E-state index contributed by atoms with van der Waals surface area (Å²) in [6.07, 6.45) is -0.343. The minimum absolute atomic E-state index is 0.0230. The molecule has 138 valence electrons. The monoisotopic (exact) mass is 339 g/mol. The molecule has 0 saturated carbocycles. The van der Waals surface area contributed by atoms with Gasteiger partial charge in [0.05, 0.1) is 25.9 Å². The summed E-state index contributed by atoms with van der Waals surface area (Å²) in [6, 6.07) is 7.74. The number of aliphatic hydroxyl groups excluding tert-OH is 1. The largest absolute Gasteiger partial charge is 0.490 e. The number of para-hydroxylation sites is 1. The van der Waals surface area contributed by atoms with Crippen LogP contribution in [0.1, 0.15) is 40.2 Å². The zero-order chi connectivity index (χ0) is 18.0. The molecule has 5 heteroatoms. The Bertz CT molecular complexity index is 457. The van der Waals surface area contributed by atoms with Crippen molar-refractivity contribution in [2.24, 2.45) is 0 Å². The van der Waals surface area contributed by atoms with Crippen LogP contribution in [-0.2, 0) is 16.1 Å². The van der Waals surface area contributed by atoms with Gasteiger partial charge in [0.15, 0.2) is 0 Å². The molecule has 0 aromatic heterocycles. The van der Waals surface area contributed by atoms with Gasteiger partial charge in [-0.05, 0) is 40.7 Å². The Balaban J connectivity index is 2.37. The summed E-state index contributed by atoms with van der Waals surface area (Å²) in [5.41, 5.74) is 0.947. The molecule has 5 nitrogen and oxygen atoms in total. The fourth-order valence-corrected chi connectivity index (χ4v) is 1.96. The summed E-state index contributed by atoms with van der Waals surface area (Å²) < 4.78 is 16.8. The zero-order valence-corrected chi connectivity index (χ0v) is 15.7. The highest BCUT2D eigenvalue weighted by atomic mass is 16.5. The lowest BCUT2D eigenvalue weighted by Crippen LogP contribution is -2.42. The van der Waals surface area contributed by atoms with E-state index >= 15 is 0 Å². The molecular weight excluding hydrogens is 306 g/mol. The van der Waals surface area contributed by atoms with Gasteiger partial charge in [0.1, 0.15) is 18.5 Å². The molecule has 0 aliphatic heterocycles. The summed E-state index contributed by atoms with van der Waals surface area (Å²) in [4.78, 5) is 0. The Hall–Kier alpha value is -1.14. The Morgan fingerprint density at radius 3 is 2.50 bits per heavy atom. The average molecular weight is 339 g/mol. The van der Waals surface area contributed by atoms with Crippen LogP contribution >= 0.6 is 0 Å². The van der Waals surface area contributed by atoms with Gasteiger partial charge in [-0.1, -0.05) is 18.2 Å². The summed E-state index contributed by atoms with van der Waals surface area (Å²) >= 11 is 0. The molecule has 0 saturated heterocycles. The van der Waals surface area contributed by atoms with Gasteiger partial charge in [0.25, 0.3) is 0 Å². The summed E-state index contributed by atoms with van der Waals surface area (Å²) in [6.45, 7) is 12.5. The molecule has 0 aliphatic rings. The molecule has 0 fully saturated rings. The average Bonchev–Trinajstić information content (AvgIpc) is 2.50. The molecule has 0 aliphatic carbocycles. The number of β-amino-alcohol motifs (C(OH)–C–C–N with tert-alkyl or cyclic N) is 1. The van der Waals surface area contributed by atoms with E-state index in [-0.39, 0.29) is 18.2 Å². The molecule has 0 spiro atoms. The van der Waals surface area contributed by atoms with Crippen LogP contribution in [0.15, 0.2) is 24.3 Å². The van der Waals surface area contributed by atoms with Crippen LogP contribution < -0.4 is 10.1 Å². The van der Waals surface area contributed by atoms with Gasteiger partial charge in [-0.3, -0.25) is 0 Å². The SMILES string of the molecule is CC(C)OCCOCc1ccccc1OCC(O)CNC(C)(C)C. The predicted octanol–water partition coefficient (Wildman–Crippen LogP) is 2.76. The normalized spacial score (nSPS) is 13.3. The first-order chi connectivity index (χ1) is 11.3.